The van der Waals surface area contributed by atoms with Crippen molar-refractivity contribution in [2.75, 3.05) is 39.7 Å². The van der Waals surface area contributed by atoms with E-state index in [0.29, 0.717) is 31.9 Å². The summed E-state index contributed by atoms with van der Waals surface area (Å²) in [7, 11) is -5.91. The van der Waals surface area contributed by atoms with Gasteiger partial charge in [0, 0.05) is 25.4 Å². The van der Waals surface area contributed by atoms with E-state index in [9.17, 15) is 21.6 Å². The zero-order valence-electron chi connectivity index (χ0n) is 18.1. The quantitative estimate of drug-likeness (QED) is 0.637. The maximum Gasteiger partial charge on any atom is 0.257 e. The molecule has 0 unspecified atom stereocenters. The molecular formula is C21H26N2O7S2. The van der Waals surface area contributed by atoms with Crippen LogP contribution < -0.4 is 9.46 Å². The second-order valence-corrected chi connectivity index (χ2v) is 11.2. The molecule has 32 heavy (non-hydrogen) atoms. The van der Waals surface area contributed by atoms with E-state index in [1.165, 1.54) is 37.4 Å². The lowest BCUT2D eigenvalue weighted by molar-refractivity contribution is 0.0300. The molecule has 1 amide bonds. The Morgan fingerprint density at radius 2 is 1.62 bits per heavy atom. The largest absolute Gasteiger partial charge is 0.496 e. The van der Waals surface area contributed by atoms with Crippen molar-refractivity contribution >= 4 is 25.8 Å². The van der Waals surface area contributed by atoms with Gasteiger partial charge in [0.25, 0.3) is 5.91 Å². The molecular weight excluding hydrogens is 456 g/mol. The normalized spacial score (nSPS) is 15.9. The van der Waals surface area contributed by atoms with Gasteiger partial charge in [-0.1, -0.05) is 12.1 Å². The van der Waals surface area contributed by atoms with Gasteiger partial charge in [-0.2, -0.15) is 0 Å². The number of carbonyl (C=O) groups is 1. The predicted molar refractivity (Wildman–Crippen MR) is 118 cm³/mol. The van der Waals surface area contributed by atoms with Crippen LogP contribution in [0.2, 0.25) is 0 Å². The Hall–Kier alpha value is -2.47. The fraction of sp³-hybridized carbons (Fsp3) is 0.381. The van der Waals surface area contributed by atoms with Crippen molar-refractivity contribution in [3.05, 3.63) is 53.6 Å². The standard InChI is InChI=1S/C21H26N2O7S2/c1-15(16-4-6-17(7-5-16)31(3,25)26)22-32(27,28)18-8-9-20(29-2)19(14-18)21(24)23-10-12-30-13-11-23/h4-9,14-15,22H,10-13H2,1-3H3/t15-/m0/s1. The van der Waals surface area contributed by atoms with E-state index in [2.05, 4.69) is 4.72 Å². The monoisotopic (exact) mass is 482 g/mol. The second-order valence-electron chi connectivity index (χ2n) is 7.45. The van der Waals surface area contributed by atoms with Crippen molar-refractivity contribution in [3.63, 3.8) is 0 Å². The van der Waals surface area contributed by atoms with Crippen LogP contribution in [0.15, 0.2) is 52.3 Å². The minimum atomic E-state index is -3.98. The van der Waals surface area contributed by atoms with Crippen molar-refractivity contribution in [3.8, 4) is 5.75 Å². The van der Waals surface area contributed by atoms with Crippen LogP contribution in [0, 0.1) is 0 Å². The number of rotatable bonds is 7. The van der Waals surface area contributed by atoms with Gasteiger partial charge in [-0.3, -0.25) is 4.79 Å². The first kappa shape index (κ1) is 24.2. The van der Waals surface area contributed by atoms with Crippen LogP contribution in [0.4, 0.5) is 0 Å². The third kappa shape index (κ3) is 5.47. The average Bonchev–Trinajstić information content (AvgIpc) is 2.78. The Kier molecular flexibility index (Phi) is 7.23. The highest BCUT2D eigenvalue weighted by atomic mass is 32.2. The SMILES string of the molecule is COc1ccc(S(=O)(=O)N[C@@H](C)c2ccc(S(C)(=O)=O)cc2)cc1C(=O)N1CCOCC1. The molecule has 1 fully saturated rings. The number of methoxy groups -OCH3 is 1. The first-order valence-corrected chi connectivity index (χ1v) is 13.3. The van der Waals surface area contributed by atoms with E-state index in [0.717, 1.165) is 6.26 Å². The number of sulfonamides is 1. The summed E-state index contributed by atoms with van der Waals surface area (Å²) in [5.74, 6) is -0.0449. The molecule has 2 aromatic carbocycles. The highest BCUT2D eigenvalue weighted by Crippen LogP contribution is 2.26. The Balaban J connectivity index is 1.85. The molecule has 1 heterocycles. The molecule has 9 nitrogen and oxygen atoms in total. The maximum absolute atomic E-state index is 13.0. The Bertz CT molecular complexity index is 1190. The van der Waals surface area contributed by atoms with Gasteiger partial charge in [-0.25, -0.2) is 21.6 Å². The Morgan fingerprint density at radius 1 is 1.03 bits per heavy atom. The highest BCUT2D eigenvalue weighted by Gasteiger charge is 2.25. The van der Waals surface area contributed by atoms with Gasteiger partial charge in [-0.15, -0.1) is 0 Å². The first-order chi connectivity index (χ1) is 15.0. The lowest BCUT2D eigenvalue weighted by Gasteiger charge is -2.27. The number of ether oxygens (including phenoxy) is 2. The van der Waals surface area contributed by atoms with Crippen LogP contribution >= 0.6 is 0 Å². The van der Waals surface area contributed by atoms with Gasteiger partial charge in [0.2, 0.25) is 10.0 Å². The van der Waals surface area contributed by atoms with Gasteiger partial charge in [0.1, 0.15) is 5.75 Å². The number of morpholine rings is 1. The third-order valence-electron chi connectivity index (χ3n) is 5.15. The average molecular weight is 483 g/mol. The molecule has 1 saturated heterocycles. The summed E-state index contributed by atoms with van der Waals surface area (Å²) in [6, 6.07) is 9.48. The number of nitrogens with one attached hydrogen (secondary N) is 1. The highest BCUT2D eigenvalue weighted by molar-refractivity contribution is 7.90. The van der Waals surface area contributed by atoms with Crippen LogP contribution in [0.1, 0.15) is 28.9 Å². The number of nitrogens with zero attached hydrogens (tertiary/aromatic N) is 1. The molecule has 0 spiro atoms. The number of hydrogen-bond donors (Lipinski definition) is 1. The van der Waals surface area contributed by atoms with Gasteiger partial charge in [-0.05, 0) is 42.8 Å². The van der Waals surface area contributed by atoms with Crippen LogP contribution in [-0.4, -0.2) is 67.3 Å². The zero-order chi connectivity index (χ0) is 23.5. The van der Waals surface area contributed by atoms with Crippen LogP contribution in [0.3, 0.4) is 0 Å². The molecule has 174 valence electrons. The number of hydrogen-bond acceptors (Lipinski definition) is 7. The Morgan fingerprint density at radius 3 is 2.19 bits per heavy atom. The molecule has 3 rings (SSSR count). The van der Waals surface area contributed by atoms with Crippen molar-refractivity contribution in [1.82, 2.24) is 9.62 Å². The van der Waals surface area contributed by atoms with Gasteiger partial charge in [0.05, 0.1) is 35.7 Å². The van der Waals surface area contributed by atoms with Crippen LogP contribution in [0.5, 0.6) is 5.75 Å². The Labute approximate surface area is 188 Å². The van der Waals surface area contributed by atoms with E-state index in [1.54, 1.807) is 24.0 Å². The van der Waals surface area contributed by atoms with Crippen molar-refractivity contribution in [2.45, 2.75) is 22.8 Å². The first-order valence-electron chi connectivity index (χ1n) is 9.90. The van der Waals surface area contributed by atoms with Crippen LogP contribution in [-0.2, 0) is 24.6 Å². The second kappa shape index (κ2) is 9.57. The van der Waals surface area contributed by atoms with E-state index >= 15 is 0 Å². The van der Waals surface area contributed by atoms with E-state index in [1.807, 2.05) is 0 Å². The number of sulfone groups is 1. The van der Waals surface area contributed by atoms with Crippen molar-refractivity contribution < 1.29 is 31.1 Å². The van der Waals surface area contributed by atoms with E-state index in [-0.39, 0.29) is 27.0 Å². The van der Waals surface area contributed by atoms with Gasteiger partial charge >= 0.3 is 0 Å². The minimum absolute atomic E-state index is 0.0745. The van der Waals surface area contributed by atoms with E-state index < -0.39 is 25.9 Å². The maximum atomic E-state index is 13.0. The molecule has 0 aliphatic carbocycles. The topological polar surface area (TPSA) is 119 Å². The summed E-state index contributed by atoms with van der Waals surface area (Å²) in [5, 5.41) is 0. The van der Waals surface area contributed by atoms with Crippen molar-refractivity contribution in [1.29, 1.82) is 0 Å². The molecule has 0 bridgehead atoms. The molecule has 0 radical (unpaired) electrons. The van der Waals surface area contributed by atoms with E-state index in [4.69, 9.17) is 9.47 Å². The summed E-state index contributed by atoms with van der Waals surface area (Å²) < 4.78 is 62.3. The number of benzene rings is 2. The summed E-state index contributed by atoms with van der Waals surface area (Å²) in [4.78, 5) is 14.6. The molecule has 1 aliphatic heterocycles. The third-order valence-corrected chi connectivity index (χ3v) is 7.82. The smallest absolute Gasteiger partial charge is 0.257 e. The molecule has 1 aliphatic rings. The van der Waals surface area contributed by atoms with Gasteiger partial charge in [0.15, 0.2) is 9.84 Å². The molecule has 0 aromatic heterocycles. The van der Waals surface area contributed by atoms with Crippen molar-refractivity contribution in [2.24, 2.45) is 0 Å². The predicted octanol–water partition coefficient (Wildman–Crippen LogP) is 1.61. The number of amides is 1. The molecule has 11 heteroatoms. The molecule has 2 aromatic rings. The molecule has 1 N–H and O–H groups in total. The summed E-state index contributed by atoms with van der Waals surface area (Å²) in [5.41, 5.74) is 0.751. The minimum Gasteiger partial charge on any atom is -0.496 e. The molecule has 0 saturated carbocycles. The fourth-order valence-corrected chi connectivity index (χ4v) is 5.22. The lowest BCUT2D eigenvalue weighted by Crippen LogP contribution is -2.40. The number of carbonyl (C=O) groups excluding carboxylic acids is 1. The fourth-order valence-electron chi connectivity index (χ4n) is 3.33. The summed E-state index contributed by atoms with van der Waals surface area (Å²) in [6.45, 7) is 3.32. The summed E-state index contributed by atoms with van der Waals surface area (Å²) >= 11 is 0. The van der Waals surface area contributed by atoms with Gasteiger partial charge < -0.3 is 14.4 Å². The lowest BCUT2D eigenvalue weighted by atomic mass is 10.1. The van der Waals surface area contributed by atoms with Crippen LogP contribution in [0.25, 0.3) is 0 Å². The summed E-state index contributed by atoms with van der Waals surface area (Å²) in [6.07, 6.45) is 1.10. The molecule has 1 atom stereocenters. The zero-order valence-corrected chi connectivity index (χ0v) is 19.7.